The third-order valence-corrected chi connectivity index (χ3v) is 2.80. The fraction of sp³-hybridized carbons (Fsp3) is 0.364. The molecular formula is C11H14BrNO2. The quantitative estimate of drug-likeness (QED) is 0.853. The highest BCUT2D eigenvalue weighted by atomic mass is 79.9. The minimum atomic E-state index is -0.228. The number of hydrogen-bond acceptors (Lipinski definition) is 3. The Morgan fingerprint density at radius 2 is 2.07 bits per heavy atom. The van der Waals surface area contributed by atoms with Crippen molar-refractivity contribution < 1.29 is 9.53 Å². The van der Waals surface area contributed by atoms with Crippen LogP contribution in [0.4, 0.5) is 0 Å². The van der Waals surface area contributed by atoms with Gasteiger partial charge in [-0.2, -0.15) is 0 Å². The van der Waals surface area contributed by atoms with Crippen molar-refractivity contribution in [1.29, 1.82) is 0 Å². The van der Waals surface area contributed by atoms with Gasteiger partial charge in [-0.3, -0.25) is 4.79 Å². The number of methoxy groups -OCH3 is 1. The van der Waals surface area contributed by atoms with Gasteiger partial charge in [0.1, 0.15) is 0 Å². The Kier molecular flexibility index (Phi) is 4.78. The van der Waals surface area contributed by atoms with E-state index < -0.39 is 0 Å². The summed E-state index contributed by atoms with van der Waals surface area (Å²) in [6.45, 7) is 0.441. The molecule has 4 heteroatoms. The molecule has 0 fully saturated rings. The highest BCUT2D eigenvalue weighted by Crippen LogP contribution is 2.21. The van der Waals surface area contributed by atoms with E-state index in [0.717, 1.165) is 10.0 Å². The van der Waals surface area contributed by atoms with Crippen LogP contribution in [0.25, 0.3) is 0 Å². The van der Waals surface area contributed by atoms with E-state index in [1.165, 1.54) is 7.11 Å². The van der Waals surface area contributed by atoms with Crippen LogP contribution in [0.1, 0.15) is 17.9 Å². The number of rotatable bonds is 4. The van der Waals surface area contributed by atoms with Crippen molar-refractivity contribution >= 4 is 21.9 Å². The predicted octanol–water partition coefficient (Wildman–Crippen LogP) is 2.05. The van der Waals surface area contributed by atoms with Crippen molar-refractivity contribution in [2.75, 3.05) is 13.7 Å². The van der Waals surface area contributed by atoms with Crippen LogP contribution < -0.4 is 5.73 Å². The Hall–Kier alpha value is -0.870. The second-order valence-electron chi connectivity index (χ2n) is 3.26. The first kappa shape index (κ1) is 12.2. The maximum absolute atomic E-state index is 11.1. The molecule has 1 aromatic carbocycles. The summed E-state index contributed by atoms with van der Waals surface area (Å²) in [5, 5.41) is 0. The normalized spacial score (nSPS) is 12.2. The molecule has 0 spiro atoms. The molecule has 0 aromatic heterocycles. The molecule has 3 nitrogen and oxygen atoms in total. The highest BCUT2D eigenvalue weighted by molar-refractivity contribution is 9.10. The van der Waals surface area contributed by atoms with Crippen molar-refractivity contribution in [3.63, 3.8) is 0 Å². The molecule has 15 heavy (non-hydrogen) atoms. The summed E-state index contributed by atoms with van der Waals surface area (Å²) in [4.78, 5) is 11.1. The largest absolute Gasteiger partial charge is 0.469 e. The summed E-state index contributed by atoms with van der Waals surface area (Å²) in [5.74, 6) is -0.195. The Bertz CT molecular complexity index is 324. The van der Waals surface area contributed by atoms with Gasteiger partial charge in [-0.1, -0.05) is 28.1 Å². The van der Waals surface area contributed by atoms with Gasteiger partial charge in [-0.05, 0) is 24.2 Å². The lowest BCUT2D eigenvalue weighted by molar-refractivity contribution is -0.141. The summed E-state index contributed by atoms with van der Waals surface area (Å²) in [5.41, 5.74) is 6.69. The van der Waals surface area contributed by atoms with E-state index in [4.69, 9.17) is 5.73 Å². The molecule has 0 aliphatic heterocycles. The Morgan fingerprint density at radius 1 is 1.47 bits per heavy atom. The maximum Gasteiger partial charge on any atom is 0.306 e. The summed E-state index contributed by atoms with van der Waals surface area (Å²) in [6.07, 6.45) is 0.328. The molecule has 1 unspecified atom stereocenters. The van der Waals surface area contributed by atoms with Crippen molar-refractivity contribution in [2.24, 2.45) is 5.73 Å². The summed E-state index contributed by atoms with van der Waals surface area (Å²) >= 11 is 3.36. The van der Waals surface area contributed by atoms with Crippen LogP contribution in [0.3, 0.4) is 0 Å². The van der Waals surface area contributed by atoms with Crippen LogP contribution >= 0.6 is 15.9 Å². The Labute approximate surface area is 97.7 Å². The molecule has 0 bridgehead atoms. The van der Waals surface area contributed by atoms with Gasteiger partial charge < -0.3 is 10.5 Å². The number of hydrogen-bond donors (Lipinski definition) is 1. The zero-order chi connectivity index (χ0) is 11.3. The van der Waals surface area contributed by atoms with Gasteiger partial charge in [0.05, 0.1) is 13.5 Å². The highest BCUT2D eigenvalue weighted by Gasteiger charge is 2.14. The fourth-order valence-electron chi connectivity index (χ4n) is 1.36. The molecule has 82 valence electrons. The van der Waals surface area contributed by atoms with Crippen LogP contribution in [-0.2, 0) is 9.53 Å². The van der Waals surface area contributed by atoms with Crippen LogP contribution in [0.5, 0.6) is 0 Å². The van der Waals surface area contributed by atoms with Crippen LogP contribution in [0, 0.1) is 0 Å². The number of esters is 1. The van der Waals surface area contributed by atoms with E-state index in [0.29, 0.717) is 13.0 Å². The van der Waals surface area contributed by atoms with E-state index in [9.17, 15) is 4.79 Å². The third-order valence-electron chi connectivity index (χ3n) is 2.27. The van der Waals surface area contributed by atoms with E-state index in [1.54, 1.807) is 0 Å². The van der Waals surface area contributed by atoms with Crippen LogP contribution in [-0.4, -0.2) is 19.6 Å². The maximum atomic E-state index is 11.1. The summed E-state index contributed by atoms with van der Waals surface area (Å²) in [7, 11) is 1.39. The number of benzene rings is 1. The SMILES string of the molecule is COC(=O)CC(CN)c1ccc(Br)cc1. The molecule has 0 aliphatic carbocycles. The molecule has 1 aromatic rings. The second kappa shape index (κ2) is 5.88. The third kappa shape index (κ3) is 3.64. The van der Waals surface area contributed by atoms with Gasteiger partial charge in [-0.15, -0.1) is 0 Å². The molecule has 0 saturated heterocycles. The lowest BCUT2D eigenvalue weighted by Crippen LogP contribution is -2.17. The first-order valence-electron chi connectivity index (χ1n) is 4.69. The minimum absolute atomic E-state index is 0.0329. The van der Waals surface area contributed by atoms with Crippen molar-refractivity contribution in [1.82, 2.24) is 0 Å². The molecule has 1 rings (SSSR count). The topological polar surface area (TPSA) is 52.3 Å². The van der Waals surface area contributed by atoms with E-state index >= 15 is 0 Å². The smallest absolute Gasteiger partial charge is 0.306 e. The van der Waals surface area contributed by atoms with Gasteiger partial charge in [-0.25, -0.2) is 0 Å². The first-order valence-corrected chi connectivity index (χ1v) is 5.49. The molecule has 0 saturated carbocycles. The number of carbonyl (C=O) groups excluding carboxylic acids is 1. The van der Waals surface area contributed by atoms with E-state index in [-0.39, 0.29) is 11.9 Å². The van der Waals surface area contributed by atoms with Crippen molar-refractivity contribution in [3.8, 4) is 0 Å². The van der Waals surface area contributed by atoms with E-state index in [1.807, 2.05) is 24.3 Å². The molecular weight excluding hydrogens is 258 g/mol. The van der Waals surface area contributed by atoms with Crippen LogP contribution in [0.15, 0.2) is 28.7 Å². The number of nitrogens with two attached hydrogens (primary N) is 1. The van der Waals surface area contributed by atoms with Gasteiger partial charge >= 0.3 is 5.97 Å². The van der Waals surface area contributed by atoms with E-state index in [2.05, 4.69) is 20.7 Å². The standard InChI is InChI=1S/C11H14BrNO2/c1-15-11(14)6-9(7-13)8-2-4-10(12)5-3-8/h2-5,9H,6-7,13H2,1H3. The number of halogens is 1. The lowest BCUT2D eigenvalue weighted by Gasteiger charge is -2.13. The van der Waals surface area contributed by atoms with Gasteiger partial charge in [0.15, 0.2) is 0 Å². The predicted molar refractivity (Wildman–Crippen MR) is 62.6 cm³/mol. The Morgan fingerprint density at radius 3 is 2.53 bits per heavy atom. The first-order chi connectivity index (χ1) is 7.17. The molecule has 0 aliphatic rings. The van der Waals surface area contributed by atoms with Crippen molar-refractivity contribution in [3.05, 3.63) is 34.3 Å². The van der Waals surface area contributed by atoms with Gasteiger partial charge in [0.25, 0.3) is 0 Å². The van der Waals surface area contributed by atoms with Gasteiger partial charge in [0.2, 0.25) is 0 Å². The molecule has 0 radical (unpaired) electrons. The fourth-order valence-corrected chi connectivity index (χ4v) is 1.62. The monoisotopic (exact) mass is 271 g/mol. The number of ether oxygens (including phenoxy) is 1. The average molecular weight is 272 g/mol. The summed E-state index contributed by atoms with van der Waals surface area (Å²) in [6, 6.07) is 7.81. The zero-order valence-corrected chi connectivity index (χ0v) is 10.2. The molecule has 0 heterocycles. The number of carbonyl (C=O) groups is 1. The molecule has 0 amide bonds. The molecule has 2 N–H and O–H groups in total. The summed E-state index contributed by atoms with van der Waals surface area (Å²) < 4.78 is 5.64. The average Bonchev–Trinajstić information content (AvgIpc) is 2.27. The van der Waals surface area contributed by atoms with Gasteiger partial charge in [0, 0.05) is 10.4 Å². The zero-order valence-electron chi connectivity index (χ0n) is 8.57. The van der Waals surface area contributed by atoms with Crippen LogP contribution in [0.2, 0.25) is 0 Å². The second-order valence-corrected chi connectivity index (χ2v) is 4.18. The molecule has 1 atom stereocenters. The van der Waals surface area contributed by atoms with Crippen molar-refractivity contribution in [2.45, 2.75) is 12.3 Å². The Balaban J connectivity index is 2.74. The lowest BCUT2D eigenvalue weighted by atomic mass is 9.96. The minimum Gasteiger partial charge on any atom is -0.469 e.